The molecule has 3 aliphatic rings. The quantitative estimate of drug-likeness (QED) is 0.414. The molecule has 2 saturated heterocycles. The summed E-state index contributed by atoms with van der Waals surface area (Å²) in [6, 6.07) is 6.11. The fourth-order valence-corrected chi connectivity index (χ4v) is 6.84. The molecule has 1 aliphatic carbocycles. The van der Waals surface area contributed by atoms with Gasteiger partial charge in [0.15, 0.2) is 0 Å². The van der Waals surface area contributed by atoms with Crippen LogP contribution in [0.1, 0.15) is 45.1 Å². The van der Waals surface area contributed by atoms with Crippen molar-refractivity contribution in [2.24, 2.45) is 0 Å². The average Bonchev–Trinajstić information content (AvgIpc) is 3.21. The molecule has 4 rings (SSSR count). The van der Waals surface area contributed by atoms with Crippen molar-refractivity contribution in [1.29, 1.82) is 0 Å². The zero-order valence-corrected chi connectivity index (χ0v) is 21.1. The van der Waals surface area contributed by atoms with Crippen molar-refractivity contribution in [1.82, 2.24) is 10.2 Å². The van der Waals surface area contributed by atoms with Gasteiger partial charge in [-0.1, -0.05) is 40.9 Å². The van der Waals surface area contributed by atoms with Crippen LogP contribution in [0.4, 0.5) is 0 Å². The van der Waals surface area contributed by atoms with Crippen LogP contribution in [0.25, 0.3) is 0 Å². The van der Waals surface area contributed by atoms with Gasteiger partial charge in [0.1, 0.15) is 11.4 Å². The van der Waals surface area contributed by atoms with Crippen molar-refractivity contribution >= 4 is 45.5 Å². The predicted molar refractivity (Wildman–Crippen MR) is 107 cm³/mol. The van der Waals surface area contributed by atoms with Crippen molar-refractivity contribution in [3.05, 3.63) is 34.3 Å². The number of fused-ring (bicyclic) bond motifs is 1. The zero-order chi connectivity index (χ0) is 20.3. The number of β-lactam (4-membered cyclic amide) rings is 1. The minimum atomic E-state index is -1.25. The SMILES string of the molecule is CC1(C)S[C@@H]2[C@H](NC(=O)C3(c4cccc(Br)c4)CCCC3)C(=O)N2[C@H]1C(=O)[O-].[Na+]. The molecule has 2 aliphatic heterocycles. The molecule has 1 saturated carbocycles. The number of carboxylic acid groups (broad SMARTS) is 1. The van der Waals surface area contributed by atoms with Crippen LogP contribution >= 0.6 is 27.7 Å². The summed E-state index contributed by atoms with van der Waals surface area (Å²) < 4.78 is 0.258. The molecule has 2 amide bonds. The Hall–Kier alpha value is -0.540. The smallest absolute Gasteiger partial charge is 0.548 e. The Morgan fingerprint density at radius 2 is 1.93 bits per heavy atom. The first-order valence-electron chi connectivity index (χ1n) is 9.45. The third-order valence-corrected chi connectivity index (χ3v) is 8.28. The van der Waals surface area contributed by atoms with E-state index in [2.05, 4.69) is 21.2 Å². The second-order valence-corrected chi connectivity index (χ2v) is 11.0. The van der Waals surface area contributed by atoms with E-state index in [1.807, 2.05) is 24.3 Å². The van der Waals surface area contributed by atoms with Crippen molar-refractivity contribution in [2.75, 3.05) is 0 Å². The molecule has 1 N–H and O–H groups in total. The van der Waals surface area contributed by atoms with Gasteiger partial charge in [0.2, 0.25) is 11.8 Å². The van der Waals surface area contributed by atoms with Crippen LogP contribution in [0.2, 0.25) is 0 Å². The van der Waals surface area contributed by atoms with Crippen LogP contribution in [0.3, 0.4) is 0 Å². The third-order valence-electron chi connectivity index (χ3n) is 6.22. The standard InChI is InChI=1S/C20H23BrN2O4S.Na/c1-19(2)14(17(25)26)23-15(24)13(16(23)28-19)22-18(27)20(8-3-4-9-20)11-6-5-7-12(21)10-11;/h5-7,10,13-14,16H,3-4,8-9H2,1-2H3,(H,22,27)(H,25,26);/q;+1/p-1/t13-,14+,16-;/m1./s1. The summed E-state index contributed by atoms with van der Waals surface area (Å²) in [6.45, 7) is 3.59. The van der Waals surface area contributed by atoms with Gasteiger partial charge in [-0.2, -0.15) is 0 Å². The van der Waals surface area contributed by atoms with Crippen LogP contribution < -0.4 is 40.0 Å². The second-order valence-electron chi connectivity index (χ2n) is 8.33. The maximum atomic E-state index is 13.4. The molecule has 150 valence electrons. The zero-order valence-electron chi connectivity index (χ0n) is 16.7. The first-order valence-corrected chi connectivity index (χ1v) is 11.1. The number of nitrogens with zero attached hydrogens (tertiary/aromatic N) is 1. The van der Waals surface area contributed by atoms with Gasteiger partial charge in [-0.15, -0.1) is 11.8 Å². The summed E-state index contributed by atoms with van der Waals surface area (Å²) in [6.07, 6.45) is 3.40. The number of hydrogen-bond donors (Lipinski definition) is 1. The van der Waals surface area contributed by atoms with E-state index in [9.17, 15) is 19.5 Å². The summed E-state index contributed by atoms with van der Waals surface area (Å²) >= 11 is 4.89. The fourth-order valence-electron chi connectivity index (χ4n) is 4.82. The number of nitrogens with one attached hydrogen (secondary N) is 1. The number of benzene rings is 1. The van der Waals surface area contributed by atoms with Crippen LogP contribution in [0.15, 0.2) is 28.7 Å². The number of aliphatic carboxylic acids is 1. The average molecular weight is 489 g/mol. The molecule has 6 nitrogen and oxygen atoms in total. The first kappa shape index (κ1) is 23.1. The van der Waals surface area contributed by atoms with E-state index in [1.165, 1.54) is 16.7 Å². The van der Waals surface area contributed by atoms with Crippen LogP contribution in [-0.2, 0) is 19.8 Å². The Balaban J connectivity index is 0.00000240. The molecule has 1 aromatic carbocycles. The molecule has 29 heavy (non-hydrogen) atoms. The topological polar surface area (TPSA) is 89.5 Å². The Morgan fingerprint density at radius 1 is 1.28 bits per heavy atom. The van der Waals surface area contributed by atoms with Gasteiger partial charge in [0.05, 0.1) is 17.4 Å². The molecule has 2 heterocycles. The molecule has 9 heteroatoms. The van der Waals surface area contributed by atoms with Gasteiger partial charge in [0.25, 0.3) is 0 Å². The maximum absolute atomic E-state index is 13.4. The summed E-state index contributed by atoms with van der Waals surface area (Å²) in [7, 11) is 0. The van der Waals surface area contributed by atoms with Crippen molar-refractivity contribution in [2.45, 2.75) is 67.2 Å². The molecule has 0 radical (unpaired) electrons. The summed E-state index contributed by atoms with van der Waals surface area (Å²) in [5, 5.41) is 14.1. The molecule has 0 bridgehead atoms. The van der Waals surface area contributed by atoms with Gasteiger partial charge in [-0.05, 0) is 44.4 Å². The van der Waals surface area contributed by atoms with Gasteiger partial charge < -0.3 is 20.1 Å². The molecule has 3 fully saturated rings. The summed E-state index contributed by atoms with van der Waals surface area (Å²) in [4.78, 5) is 38.9. The second kappa shape index (κ2) is 8.19. The minimum absolute atomic E-state index is 0. The number of amides is 2. The Bertz CT molecular complexity index is 859. The van der Waals surface area contributed by atoms with E-state index in [4.69, 9.17) is 0 Å². The summed E-state index contributed by atoms with van der Waals surface area (Å²) in [5.41, 5.74) is 0.310. The van der Waals surface area contributed by atoms with E-state index >= 15 is 0 Å². The van der Waals surface area contributed by atoms with Gasteiger partial charge in [-0.3, -0.25) is 9.59 Å². The van der Waals surface area contributed by atoms with E-state index < -0.39 is 28.2 Å². The summed E-state index contributed by atoms with van der Waals surface area (Å²) in [5.74, 6) is -1.73. The Labute approximate surface area is 205 Å². The minimum Gasteiger partial charge on any atom is -0.548 e. The maximum Gasteiger partial charge on any atom is 1.00 e. The number of hydrogen-bond acceptors (Lipinski definition) is 5. The molecule has 0 unspecified atom stereocenters. The van der Waals surface area contributed by atoms with Crippen molar-refractivity contribution in [3.8, 4) is 0 Å². The largest absolute Gasteiger partial charge is 1.00 e. The molecular formula is C20H22BrN2NaO4S. The predicted octanol–water partition coefficient (Wildman–Crippen LogP) is -1.44. The van der Waals surface area contributed by atoms with E-state index in [-0.39, 0.29) is 46.7 Å². The number of carbonyl (C=O) groups excluding carboxylic acids is 3. The number of carboxylic acids is 1. The number of thioether (sulfide) groups is 1. The van der Waals surface area contributed by atoms with E-state index in [0.717, 1.165) is 35.7 Å². The number of rotatable bonds is 4. The molecule has 0 aromatic heterocycles. The number of halogens is 1. The van der Waals surface area contributed by atoms with Gasteiger partial charge in [0, 0.05) is 9.22 Å². The van der Waals surface area contributed by atoms with Crippen LogP contribution in [0, 0.1) is 0 Å². The fraction of sp³-hybridized carbons (Fsp3) is 0.550. The van der Waals surface area contributed by atoms with Gasteiger partial charge in [-0.25, -0.2) is 0 Å². The third kappa shape index (κ3) is 3.69. The number of carbonyl (C=O) groups is 3. The van der Waals surface area contributed by atoms with Gasteiger partial charge >= 0.3 is 29.6 Å². The van der Waals surface area contributed by atoms with Crippen LogP contribution in [0.5, 0.6) is 0 Å². The van der Waals surface area contributed by atoms with Crippen molar-refractivity contribution in [3.63, 3.8) is 0 Å². The van der Waals surface area contributed by atoms with E-state index in [0.29, 0.717) is 0 Å². The van der Waals surface area contributed by atoms with Crippen molar-refractivity contribution < 1.29 is 49.0 Å². The normalized spacial score (nSPS) is 28.9. The van der Waals surface area contributed by atoms with Crippen LogP contribution in [-0.4, -0.2) is 44.9 Å². The molecule has 3 atom stereocenters. The van der Waals surface area contributed by atoms with E-state index in [1.54, 1.807) is 13.8 Å². The first-order chi connectivity index (χ1) is 13.2. The molecule has 1 aromatic rings. The Kier molecular flexibility index (Phi) is 6.53. The monoisotopic (exact) mass is 488 g/mol. The molecule has 0 spiro atoms. The molecular weight excluding hydrogens is 467 g/mol. The Morgan fingerprint density at radius 3 is 2.52 bits per heavy atom.